The van der Waals surface area contributed by atoms with E-state index < -0.39 is 0 Å². The minimum Gasteiger partial charge on any atom is -0.383 e. The van der Waals surface area contributed by atoms with Gasteiger partial charge < -0.3 is 16.0 Å². The molecule has 0 atom stereocenters. The number of aromatic nitrogens is 1. The van der Waals surface area contributed by atoms with Crippen molar-refractivity contribution < 1.29 is 0 Å². The molecule has 24 heavy (non-hydrogen) atoms. The molecule has 0 radical (unpaired) electrons. The Labute approximate surface area is 143 Å². The molecule has 0 amide bonds. The highest BCUT2D eigenvalue weighted by atomic mass is 15.2. The van der Waals surface area contributed by atoms with Crippen molar-refractivity contribution in [3.8, 4) is 6.07 Å². The van der Waals surface area contributed by atoms with E-state index in [1.807, 2.05) is 24.3 Å². The van der Waals surface area contributed by atoms with Gasteiger partial charge in [0, 0.05) is 30.1 Å². The van der Waals surface area contributed by atoms with E-state index in [9.17, 15) is 5.26 Å². The van der Waals surface area contributed by atoms with Gasteiger partial charge in [-0.25, -0.2) is 4.98 Å². The van der Waals surface area contributed by atoms with Gasteiger partial charge in [-0.15, -0.1) is 0 Å². The third kappa shape index (κ3) is 3.29. The number of rotatable bonds is 2. The van der Waals surface area contributed by atoms with Gasteiger partial charge in [0.1, 0.15) is 17.5 Å². The van der Waals surface area contributed by atoms with E-state index in [-0.39, 0.29) is 5.54 Å². The predicted molar refractivity (Wildman–Crippen MR) is 99.0 cm³/mol. The van der Waals surface area contributed by atoms with Crippen LogP contribution in [-0.2, 0) is 0 Å². The molecule has 2 aromatic rings. The molecule has 1 saturated heterocycles. The molecular weight excluding hydrogens is 298 g/mol. The van der Waals surface area contributed by atoms with Crippen LogP contribution in [0, 0.1) is 11.3 Å². The zero-order valence-electron chi connectivity index (χ0n) is 14.6. The second kappa shape index (κ2) is 6.29. The summed E-state index contributed by atoms with van der Waals surface area (Å²) in [6.07, 6.45) is 2.11. The molecule has 1 aliphatic heterocycles. The van der Waals surface area contributed by atoms with Gasteiger partial charge >= 0.3 is 0 Å². The SMILES string of the molecule is CC(C)(C)NC1CCN(c2c(C#N)c(N)nc3ccccc23)CC1. The van der Waals surface area contributed by atoms with E-state index in [4.69, 9.17) is 5.73 Å². The lowest BCUT2D eigenvalue weighted by atomic mass is 9.98. The molecule has 1 aromatic heterocycles. The van der Waals surface area contributed by atoms with Crippen molar-refractivity contribution in [1.29, 1.82) is 5.26 Å². The number of nitrogen functional groups attached to an aromatic ring is 1. The molecule has 5 nitrogen and oxygen atoms in total. The second-order valence-corrected chi connectivity index (χ2v) is 7.51. The van der Waals surface area contributed by atoms with Crippen LogP contribution in [0.2, 0.25) is 0 Å². The molecule has 0 unspecified atom stereocenters. The number of para-hydroxylation sites is 1. The number of nitrogens with zero attached hydrogens (tertiary/aromatic N) is 3. The van der Waals surface area contributed by atoms with Gasteiger partial charge in [0.25, 0.3) is 0 Å². The van der Waals surface area contributed by atoms with Crippen molar-refractivity contribution in [2.75, 3.05) is 23.7 Å². The molecule has 126 valence electrons. The number of benzene rings is 1. The summed E-state index contributed by atoms with van der Waals surface area (Å²) in [5.41, 5.74) is 8.45. The van der Waals surface area contributed by atoms with Crippen LogP contribution in [0.5, 0.6) is 0 Å². The molecule has 0 saturated carbocycles. The Balaban J connectivity index is 1.92. The number of pyridine rings is 1. The summed E-state index contributed by atoms with van der Waals surface area (Å²) in [6, 6.07) is 10.7. The van der Waals surface area contributed by atoms with E-state index in [0.717, 1.165) is 42.5 Å². The quantitative estimate of drug-likeness (QED) is 0.888. The topological polar surface area (TPSA) is 78.0 Å². The van der Waals surface area contributed by atoms with Crippen molar-refractivity contribution >= 4 is 22.4 Å². The van der Waals surface area contributed by atoms with Crippen molar-refractivity contribution in [2.45, 2.75) is 45.2 Å². The Morgan fingerprint density at radius 1 is 1.25 bits per heavy atom. The third-order valence-corrected chi connectivity index (χ3v) is 4.45. The fraction of sp³-hybridized carbons (Fsp3) is 0.474. The highest BCUT2D eigenvalue weighted by Crippen LogP contribution is 2.34. The Morgan fingerprint density at radius 3 is 2.54 bits per heavy atom. The second-order valence-electron chi connectivity index (χ2n) is 7.51. The Bertz CT molecular complexity index is 777. The van der Waals surface area contributed by atoms with Crippen LogP contribution < -0.4 is 16.0 Å². The number of nitriles is 1. The largest absolute Gasteiger partial charge is 0.383 e. The summed E-state index contributed by atoms with van der Waals surface area (Å²) in [7, 11) is 0. The van der Waals surface area contributed by atoms with Gasteiger partial charge in [-0.3, -0.25) is 0 Å². The van der Waals surface area contributed by atoms with Gasteiger partial charge in [-0.2, -0.15) is 5.26 Å². The van der Waals surface area contributed by atoms with Crippen LogP contribution in [0.25, 0.3) is 10.9 Å². The summed E-state index contributed by atoms with van der Waals surface area (Å²) in [5.74, 6) is 0.320. The average Bonchev–Trinajstić information content (AvgIpc) is 2.53. The summed E-state index contributed by atoms with van der Waals surface area (Å²) >= 11 is 0. The highest BCUT2D eigenvalue weighted by molar-refractivity contribution is 5.97. The van der Waals surface area contributed by atoms with E-state index in [1.54, 1.807) is 0 Å². The molecule has 0 aliphatic carbocycles. The third-order valence-electron chi connectivity index (χ3n) is 4.45. The summed E-state index contributed by atoms with van der Waals surface area (Å²) in [4.78, 5) is 6.67. The number of hydrogen-bond acceptors (Lipinski definition) is 5. The number of anilines is 2. The standard InChI is InChI=1S/C19H25N5/c1-19(2,3)23-13-8-10-24(11-9-13)17-14-6-4-5-7-16(14)22-18(21)15(17)12-20/h4-7,13,23H,8-11H2,1-3H3,(H2,21,22). The van der Waals surface area contributed by atoms with Crippen molar-refractivity contribution in [3.63, 3.8) is 0 Å². The van der Waals surface area contributed by atoms with Crippen molar-refractivity contribution in [2.24, 2.45) is 0 Å². The van der Waals surface area contributed by atoms with Crippen LogP contribution in [0.15, 0.2) is 24.3 Å². The summed E-state index contributed by atoms with van der Waals surface area (Å²) in [5, 5.41) is 14.3. The number of piperidine rings is 1. The molecular formula is C19H25N5. The van der Waals surface area contributed by atoms with E-state index >= 15 is 0 Å². The smallest absolute Gasteiger partial charge is 0.144 e. The number of hydrogen-bond donors (Lipinski definition) is 2. The minimum absolute atomic E-state index is 0.123. The molecule has 3 N–H and O–H groups in total. The van der Waals surface area contributed by atoms with Crippen molar-refractivity contribution in [3.05, 3.63) is 29.8 Å². The van der Waals surface area contributed by atoms with Crippen LogP contribution in [-0.4, -0.2) is 29.7 Å². The van der Waals surface area contributed by atoms with E-state index in [1.165, 1.54) is 0 Å². The first-order valence-electron chi connectivity index (χ1n) is 8.50. The predicted octanol–water partition coefficient (Wildman–Crippen LogP) is 3.05. The summed E-state index contributed by atoms with van der Waals surface area (Å²) < 4.78 is 0. The Hall–Kier alpha value is -2.32. The van der Waals surface area contributed by atoms with E-state index in [0.29, 0.717) is 17.4 Å². The number of nitrogens with one attached hydrogen (secondary N) is 1. The maximum atomic E-state index is 9.59. The molecule has 3 rings (SSSR count). The minimum atomic E-state index is 0.123. The van der Waals surface area contributed by atoms with Gasteiger partial charge in [0.15, 0.2) is 0 Å². The monoisotopic (exact) mass is 323 g/mol. The first-order valence-corrected chi connectivity index (χ1v) is 8.50. The van der Waals surface area contributed by atoms with Crippen molar-refractivity contribution in [1.82, 2.24) is 10.3 Å². The molecule has 1 aliphatic rings. The van der Waals surface area contributed by atoms with Crippen LogP contribution in [0.3, 0.4) is 0 Å². The lowest BCUT2D eigenvalue weighted by Gasteiger charge is -2.38. The van der Waals surface area contributed by atoms with E-state index in [2.05, 4.69) is 42.0 Å². The first-order chi connectivity index (χ1) is 11.4. The lowest BCUT2D eigenvalue weighted by Crippen LogP contribution is -2.49. The number of fused-ring (bicyclic) bond motifs is 1. The van der Waals surface area contributed by atoms with Gasteiger partial charge in [0.2, 0.25) is 0 Å². The number of nitrogens with two attached hydrogens (primary N) is 1. The fourth-order valence-electron chi connectivity index (χ4n) is 3.51. The van der Waals surface area contributed by atoms with Gasteiger partial charge in [-0.1, -0.05) is 18.2 Å². The zero-order chi connectivity index (χ0) is 17.3. The van der Waals surface area contributed by atoms with Crippen LogP contribution >= 0.6 is 0 Å². The first kappa shape index (κ1) is 16.5. The Morgan fingerprint density at radius 2 is 1.92 bits per heavy atom. The maximum Gasteiger partial charge on any atom is 0.144 e. The normalized spacial score (nSPS) is 16.3. The van der Waals surface area contributed by atoms with Gasteiger partial charge in [-0.05, 0) is 39.7 Å². The fourth-order valence-corrected chi connectivity index (χ4v) is 3.51. The molecule has 1 fully saturated rings. The summed E-state index contributed by atoms with van der Waals surface area (Å²) in [6.45, 7) is 8.42. The molecule has 1 aromatic carbocycles. The van der Waals surface area contributed by atoms with Crippen LogP contribution in [0.1, 0.15) is 39.2 Å². The molecule has 0 spiro atoms. The molecule has 0 bridgehead atoms. The molecule has 2 heterocycles. The Kier molecular flexibility index (Phi) is 4.33. The maximum absolute atomic E-state index is 9.59. The lowest BCUT2D eigenvalue weighted by molar-refractivity contribution is 0.317. The molecule has 5 heteroatoms. The van der Waals surface area contributed by atoms with Gasteiger partial charge in [0.05, 0.1) is 11.2 Å². The van der Waals surface area contributed by atoms with Crippen LogP contribution in [0.4, 0.5) is 11.5 Å². The highest BCUT2D eigenvalue weighted by Gasteiger charge is 2.26. The zero-order valence-corrected chi connectivity index (χ0v) is 14.6. The average molecular weight is 323 g/mol.